The van der Waals surface area contributed by atoms with Crippen molar-refractivity contribution in [2.75, 3.05) is 49.6 Å². The second-order valence-electron chi connectivity index (χ2n) is 4.79. The molecule has 1 fully saturated rings. The van der Waals surface area contributed by atoms with Gasteiger partial charge in [-0.3, -0.25) is 4.79 Å². The Bertz CT molecular complexity index is 548. The first-order valence-corrected chi connectivity index (χ1v) is 8.14. The molecule has 2 N–H and O–H groups in total. The largest absolute Gasteiger partial charge is 0.378 e. The molecule has 0 saturated carbocycles. The third kappa shape index (κ3) is 5.80. The quantitative estimate of drug-likeness (QED) is 0.580. The Balaban J connectivity index is 2.14. The molecule has 0 atom stereocenters. The van der Waals surface area contributed by atoms with E-state index in [-0.39, 0.29) is 17.7 Å². The molecule has 23 heavy (non-hydrogen) atoms. The van der Waals surface area contributed by atoms with Crippen molar-refractivity contribution in [1.29, 1.82) is 0 Å². The van der Waals surface area contributed by atoms with Crippen molar-refractivity contribution in [3.8, 4) is 0 Å². The molecule has 1 saturated heterocycles. The van der Waals surface area contributed by atoms with Gasteiger partial charge in [-0.1, -0.05) is 34.8 Å². The predicted octanol–water partition coefficient (Wildman–Crippen LogP) is 1.08. The van der Waals surface area contributed by atoms with Gasteiger partial charge in [0.2, 0.25) is 21.6 Å². The zero-order valence-corrected chi connectivity index (χ0v) is 14.7. The van der Waals surface area contributed by atoms with Crippen molar-refractivity contribution in [3.63, 3.8) is 0 Å². The highest BCUT2D eigenvalue weighted by Crippen LogP contribution is 2.36. The summed E-state index contributed by atoms with van der Waals surface area (Å²) in [5.74, 6) is 0.638. The standard InChI is InChI=1S/C12H17Cl3N6O2/c1-8(22)16-2-3-17-10-18-9(12(13,14)15)19-11(20-10)21-4-6-23-7-5-21/h2-7H2,1H3,(H,16,22)(H,17,18,19,20). The molecule has 1 aromatic rings. The molecule has 1 amide bonds. The van der Waals surface area contributed by atoms with Crippen molar-refractivity contribution >= 4 is 52.6 Å². The highest BCUT2D eigenvalue weighted by Gasteiger charge is 2.29. The summed E-state index contributed by atoms with van der Waals surface area (Å²) >= 11 is 17.7. The second kappa shape index (κ2) is 8.14. The number of nitrogens with zero attached hydrogens (tertiary/aromatic N) is 4. The van der Waals surface area contributed by atoms with Gasteiger partial charge in [-0.2, -0.15) is 15.0 Å². The van der Waals surface area contributed by atoms with Crippen molar-refractivity contribution in [3.05, 3.63) is 5.82 Å². The van der Waals surface area contributed by atoms with Crippen molar-refractivity contribution in [2.24, 2.45) is 0 Å². The topological polar surface area (TPSA) is 92.3 Å². The van der Waals surface area contributed by atoms with Crippen LogP contribution in [-0.4, -0.2) is 60.3 Å². The number of nitrogens with one attached hydrogen (secondary N) is 2. The Morgan fingerprint density at radius 2 is 1.91 bits per heavy atom. The SMILES string of the molecule is CC(=O)NCCNc1nc(N2CCOCC2)nc(C(Cl)(Cl)Cl)n1. The number of carbonyl (C=O) groups excluding carboxylic acids is 1. The molecule has 1 aliphatic rings. The van der Waals surface area contributed by atoms with Gasteiger partial charge in [0.25, 0.3) is 0 Å². The lowest BCUT2D eigenvalue weighted by atomic mass is 10.4. The number of alkyl halides is 3. The molecule has 0 aromatic carbocycles. The Hall–Kier alpha value is -1.09. The molecule has 0 unspecified atom stereocenters. The highest BCUT2D eigenvalue weighted by molar-refractivity contribution is 6.66. The average Bonchev–Trinajstić information content (AvgIpc) is 2.51. The normalized spacial score (nSPS) is 15.4. The molecule has 0 radical (unpaired) electrons. The maximum absolute atomic E-state index is 10.9. The van der Waals surface area contributed by atoms with Crippen LogP contribution in [0.25, 0.3) is 0 Å². The van der Waals surface area contributed by atoms with Gasteiger partial charge >= 0.3 is 0 Å². The first-order valence-electron chi connectivity index (χ1n) is 7.00. The number of aromatic nitrogens is 3. The zero-order chi connectivity index (χ0) is 16.9. The first-order chi connectivity index (χ1) is 10.9. The van der Waals surface area contributed by atoms with E-state index in [4.69, 9.17) is 39.5 Å². The fourth-order valence-electron chi connectivity index (χ4n) is 1.89. The Labute approximate surface area is 148 Å². The number of carbonyl (C=O) groups is 1. The van der Waals surface area contributed by atoms with Crippen LogP contribution in [0.15, 0.2) is 0 Å². The zero-order valence-electron chi connectivity index (χ0n) is 12.5. The molecule has 0 bridgehead atoms. The molecule has 2 rings (SSSR count). The van der Waals surface area contributed by atoms with Crippen LogP contribution in [0, 0.1) is 0 Å². The van der Waals surface area contributed by atoms with Gasteiger partial charge in [0.1, 0.15) is 0 Å². The minimum Gasteiger partial charge on any atom is -0.378 e. The smallest absolute Gasteiger partial charge is 0.250 e. The number of amides is 1. The fraction of sp³-hybridized carbons (Fsp3) is 0.667. The molecular formula is C12H17Cl3N6O2. The highest BCUT2D eigenvalue weighted by atomic mass is 35.6. The van der Waals surface area contributed by atoms with E-state index < -0.39 is 3.79 Å². The number of hydrogen-bond donors (Lipinski definition) is 2. The minimum absolute atomic E-state index is 0.0426. The number of rotatable bonds is 5. The summed E-state index contributed by atoms with van der Waals surface area (Å²) < 4.78 is 3.55. The average molecular weight is 384 g/mol. The summed E-state index contributed by atoms with van der Waals surface area (Å²) in [7, 11) is 0. The van der Waals surface area contributed by atoms with Crippen molar-refractivity contribution in [1.82, 2.24) is 20.3 Å². The molecule has 2 heterocycles. The third-order valence-corrected chi connectivity index (χ3v) is 3.46. The molecular weight excluding hydrogens is 367 g/mol. The van der Waals surface area contributed by atoms with E-state index in [0.29, 0.717) is 45.3 Å². The van der Waals surface area contributed by atoms with Gasteiger partial charge in [0, 0.05) is 33.1 Å². The summed E-state index contributed by atoms with van der Waals surface area (Å²) in [6.45, 7) is 4.77. The summed E-state index contributed by atoms with van der Waals surface area (Å²) in [6.07, 6.45) is 0. The Morgan fingerprint density at radius 3 is 2.52 bits per heavy atom. The van der Waals surface area contributed by atoms with Gasteiger partial charge in [0.15, 0.2) is 5.82 Å². The van der Waals surface area contributed by atoms with Crippen LogP contribution in [0.4, 0.5) is 11.9 Å². The summed E-state index contributed by atoms with van der Waals surface area (Å²) in [6, 6.07) is 0. The van der Waals surface area contributed by atoms with Gasteiger partial charge in [-0.15, -0.1) is 0 Å². The number of ether oxygens (including phenoxy) is 1. The van der Waals surface area contributed by atoms with Crippen LogP contribution in [0.3, 0.4) is 0 Å². The maximum Gasteiger partial charge on any atom is 0.250 e. The van der Waals surface area contributed by atoms with Crippen LogP contribution < -0.4 is 15.5 Å². The van der Waals surface area contributed by atoms with E-state index in [1.54, 1.807) is 0 Å². The number of hydrogen-bond acceptors (Lipinski definition) is 7. The van der Waals surface area contributed by atoms with Crippen LogP contribution >= 0.6 is 34.8 Å². The lowest BCUT2D eigenvalue weighted by Gasteiger charge is -2.27. The number of morpholine rings is 1. The maximum atomic E-state index is 10.9. The third-order valence-electron chi connectivity index (χ3n) is 2.95. The van der Waals surface area contributed by atoms with Crippen molar-refractivity contribution < 1.29 is 9.53 Å². The monoisotopic (exact) mass is 382 g/mol. The van der Waals surface area contributed by atoms with Crippen LogP contribution in [0.2, 0.25) is 0 Å². The van der Waals surface area contributed by atoms with Gasteiger partial charge in [0.05, 0.1) is 13.2 Å². The molecule has 1 aliphatic heterocycles. The number of anilines is 2. The minimum atomic E-state index is -1.75. The van der Waals surface area contributed by atoms with E-state index in [0.717, 1.165) is 0 Å². The van der Waals surface area contributed by atoms with Crippen LogP contribution in [-0.2, 0) is 13.3 Å². The van der Waals surface area contributed by atoms with Gasteiger partial charge in [-0.05, 0) is 0 Å². The molecule has 8 nitrogen and oxygen atoms in total. The van der Waals surface area contributed by atoms with E-state index in [9.17, 15) is 4.79 Å². The molecule has 1 aromatic heterocycles. The van der Waals surface area contributed by atoms with Gasteiger partial charge in [-0.25, -0.2) is 0 Å². The van der Waals surface area contributed by atoms with Crippen LogP contribution in [0.5, 0.6) is 0 Å². The van der Waals surface area contributed by atoms with Crippen LogP contribution in [0.1, 0.15) is 12.7 Å². The lowest BCUT2D eigenvalue weighted by molar-refractivity contribution is -0.118. The lowest BCUT2D eigenvalue weighted by Crippen LogP contribution is -2.38. The van der Waals surface area contributed by atoms with Gasteiger partial charge < -0.3 is 20.3 Å². The van der Waals surface area contributed by atoms with E-state index >= 15 is 0 Å². The Kier molecular flexibility index (Phi) is 6.46. The summed E-state index contributed by atoms with van der Waals surface area (Å²) in [4.78, 5) is 25.5. The molecule has 0 aliphatic carbocycles. The molecule has 0 spiro atoms. The first kappa shape index (κ1) is 18.3. The predicted molar refractivity (Wildman–Crippen MR) is 89.3 cm³/mol. The fourth-order valence-corrected chi connectivity index (χ4v) is 2.14. The second-order valence-corrected chi connectivity index (χ2v) is 7.07. The van der Waals surface area contributed by atoms with Crippen molar-refractivity contribution in [2.45, 2.75) is 10.7 Å². The van der Waals surface area contributed by atoms with E-state index in [1.165, 1.54) is 6.92 Å². The molecule has 128 valence electrons. The Morgan fingerprint density at radius 1 is 1.22 bits per heavy atom. The van der Waals surface area contributed by atoms with E-state index in [1.807, 2.05) is 4.90 Å². The number of halogens is 3. The summed E-state index contributed by atoms with van der Waals surface area (Å²) in [5.41, 5.74) is 0. The molecule has 11 heteroatoms. The van der Waals surface area contributed by atoms with E-state index in [2.05, 4.69) is 25.6 Å². The summed E-state index contributed by atoms with van der Waals surface area (Å²) in [5, 5.41) is 5.64.